The molecule has 10 heteroatoms. The van der Waals surface area contributed by atoms with Crippen molar-refractivity contribution in [2.45, 2.75) is 13.0 Å². The van der Waals surface area contributed by atoms with E-state index in [0.717, 1.165) is 16.2 Å². The fraction of sp³-hybridized carbons (Fsp3) is 0.294. The number of nitrogens with zero attached hydrogens (tertiary/aromatic N) is 5. The first-order chi connectivity index (χ1) is 13.1. The van der Waals surface area contributed by atoms with Crippen molar-refractivity contribution in [3.8, 4) is 0 Å². The second-order valence-corrected chi connectivity index (χ2v) is 7.04. The monoisotopic (exact) mass is 385 g/mol. The van der Waals surface area contributed by atoms with Crippen molar-refractivity contribution in [1.82, 2.24) is 20.0 Å². The molecule has 1 saturated heterocycles. The summed E-state index contributed by atoms with van der Waals surface area (Å²) in [7, 11) is 0. The quantitative estimate of drug-likeness (QED) is 0.707. The lowest BCUT2D eigenvalue weighted by Gasteiger charge is -2.39. The second kappa shape index (κ2) is 7.33. The lowest BCUT2D eigenvalue weighted by Crippen LogP contribution is -2.53. The number of fused-ring (bicyclic) bond motifs is 1. The molecular formula is C17H19N7O2S. The zero-order valence-electron chi connectivity index (χ0n) is 14.7. The predicted octanol–water partition coefficient (Wildman–Crippen LogP) is 2.34. The van der Waals surface area contributed by atoms with Crippen LogP contribution in [0.4, 0.5) is 22.2 Å². The molecular weight excluding hydrogens is 366 g/mol. The van der Waals surface area contributed by atoms with Gasteiger partial charge in [0.2, 0.25) is 5.95 Å². The number of nitrogen functional groups attached to an aromatic ring is 1. The molecule has 0 unspecified atom stereocenters. The summed E-state index contributed by atoms with van der Waals surface area (Å²) in [5.74, 6) is 0.953. The van der Waals surface area contributed by atoms with Crippen molar-refractivity contribution in [3.05, 3.63) is 35.8 Å². The Labute approximate surface area is 159 Å². The summed E-state index contributed by atoms with van der Waals surface area (Å²) in [5.41, 5.74) is 9.02. The van der Waals surface area contributed by atoms with Crippen LogP contribution in [0.3, 0.4) is 0 Å². The summed E-state index contributed by atoms with van der Waals surface area (Å²) >= 11 is 1.43. The van der Waals surface area contributed by atoms with Crippen molar-refractivity contribution in [1.29, 1.82) is 0 Å². The first kappa shape index (κ1) is 17.4. The van der Waals surface area contributed by atoms with Crippen LogP contribution in [0, 0.1) is 0 Å². The zero-order valence-corrected chi connectivity index (χ0v) is 15.5. The SMILES string of the molecule is C[C@H]1CN(OC(=O)Nc2ccccc2)CCN1c1nc(N)nc2scnc12. The highest BCUT2D eigenvalue weighted by Crippen LogP contribution is 2.28. The van der Waals surface area contributed by atoms with E-state index in [1.54, 1.807) is 22.7 Å². The van der Waals surface area contributed by atoms with Crippen LogP contribution < -0.4 is 16.0 Å². The normalized spacial score (nSPS) is 17.8. The molecule has 0 saturated carbocycles. The van der Waals surface area contributed by atoms with E-state index in [1.807, 2.05) is 25.1 Å². The molecule has 2 aromatic heterocycles. The maximum atomic E-state index is 12.1. The molecule has 0 bridgehead atoms. The van der Waals surface area contributed by atoms with Gasteiger partial charge < -0.3 is 15.5 Å². The molecule has 27 heavy (non-hydrogen) atoms. The Morgan fingerprint density at radius 1 is 1.30 bits per heavy atom. The van der Waals surface area contributed by atoms with Gasteiger partial charge in [0.05, 0.1) is 18.6 Å². The van der Waals surface area contributed by atoms with Crippen LogP contribution in [0.25, 0.3) is 10.3 Å². The van der Waals surface area contributed by atoms with Gasteiger partial charge in [0.1, 0.15) is 5.52 Å². The van der Waals surface area contributed by atoms with E-state index in [2.05, 4.69) is 25.2 Å². The van der Waals surface area contributed by atoms with Crippen molar-refractivity contribution in [3.63, 3.8) is 0 Å². The minimum atomic E-state index is -0.505. The van der Waals surface area contributed by atoms with Gasteiger partial charge in [-0.3, -0.25) is 5.32 Å². The Balaban J connectivity index is 1.42. The van der Waals surface area contributed by atoms with Crippen LogP contribution in [0.15, 0.2) is 35.8 Å². The molecule has 9 nitrogen and oxygen atoms in total. The van der Waals surface area contributed by atoms with Gasteiger partial charge in [0.25, 0.3) is 0 Å². The molecule has 0 spiro atoms. The first-order valence-electron chi connectivity index (χ1n) is 8.52. The molecule has 1 amide bonds. The smallest absolute Gasteiger partial charge is 0.368 e. The number of hydrogen-bond donors (Lipinski definition) is 2. The minimum absolute atomic E-state index is 0.0578. The molecule has 1 aromatic carbocycles. The number of piperazine rings is 1. The fourth-order valence-corrected chi connectivity index (χ4v) is 3.72. The van der Waals surface area contributed by atoms with E-state index in [-0.39, 0.29) is 12.0 Å². The summed E-state index contributed by atoms with van der Waals surface area (Å²) in [6, 6.07) is 9.26. The minimum Gasteiger partial charge on any atom is -0.368 e. The van der Waals surface area contributed by atoms with Gasteiger partial charge in [-0.1, -0.05) is 18.2 Å². The van der Waals surface area contributed by atoms with Crippen molar-refractivity contribution in [2.75, 3.05) is 35.6 Å². The molecule has 0 aliphatic carbocycles. The van der Waals surface area contributed by atoms with Crippen LogP contribution >= 0.6 is 11.3 Å². The van der Waals surface area contributed by atoms with Crippen LogP contribution in [0.2, 0.25) is 0 Å². The molecule has 140 valence electrons. The maximum absolute atomic E-state index is 12.1. The highest BCUT2D eigenvalue weighted by molar-refractivity contribution is 7.16. The number of benzene rings is 1. The molecule has 3 N–H and O–H groups in total. The molecule has 1 atom stereocenters. The van der Waals surface area contributed by atoms with E-state index < -0.39 is 6.09 Å². The number of nitrogens with two attached hydrogens (primary N) is 1. The number of hydroxylamine groups is 2. The topological polar surface area (TPSA) is 110 Å². The van der Waals surface area contributed by atoms with Gasteiger partial charge in [0.15, 0.2) is 10.6 Å². The van der Waals surface area contributed by atoms with Crippen LogP contribution in [0.5, 0.6) is 0 Å². The van der Waals surface area contributed by atoms with E-state index in [0.29, 0.717) is 25.3 Å². The Kier molecular flexibility index (Phi) is 4.73. The van der Waals surface area contributed by atoms with Gasteiger partial charge >= 0.3 is 6.09 Å². The van der Waals surface area contributed by atoms with E-state index in [9.17, 15) is 4.79 Å². The lowest BCUT2D eigenvalue weighted by atomic mass is 10.2. The van der Waals surface area contributed by atoms with Gasteiger partial charge in [-0.2, -0.15) is 4.98 Å². The molecule has 1 fully saturated rings. The van der Waals surface area contributed by atoms with Gasteiger partial charge in [0, 0.05) is 18.3 Å². The van der Waals surface area contributed by atoms with E-state index >= 15 is 0 Å². The molecule has 3 heterocycles. The lowest BCUT2D eigenvalue weighted by molar-refractivity contribution is -0.103. The second-order valence-electron chi connectivity index (χ2n) is 6.21. The van der Waals surface area contributed by atoms with Crippen LogP contribution in [0.1, 0.15) is 6.92 Å². The molecule has 4 rings (SSSR count). The Morgan fingerprint density at radius 3 is 2.89 bits per heavy atom. The fourth-order valence-electron chi connectivity index (χ4n) is 3.06. The summed E-state index contributed by atoms with van der Waals surface area (Å²) in [6.45, 7) is 3.75. The Morgan fingerprint density at radius 2 is 2.11 bits per heavy atom. The third-order valence-corrected chi connectivity index (χ3v) is 5.01. The van der Waals surface area contributed by atoms with Crippen molar-refractivity contribution in [2.24, 2.45) is 0 Å². The number of nitrogens with one attached hydrogen (secondary N) is 1. The van der Waals surface area contributed by atoms with Crippen molar-refractivity contribution >= 4 is 45.2 Å². The summed E-state index contributed by atoms with van der Waals surface area (Å²) in [5, 5.41) is 4.37. The molecule has 3 aromatic rings. The maximum Gasteiger partial charge on any atom is 0.430 e. The largest absolute Gasteiger partial charge is 0.430 e. The number of hydrogen-bond acceptors (Lipinski definition) is 9. The van der Waals surface area contributed by atoms with Gasteiger partial charge in [-0.25, -0.2) is 14.8 Å². The standard InChI is InChI=1S/C17H19N7O2S/c1-11-9-23(26-17(25)20-12-5-3-2-4-6-12)7-8-24(11)14-13-15(27-10-19-13)22-16(18)21-14/h2-6,10-11H,7-9H2,1H3,(H,20,25)(H2,18,21,22)/t11-/m0/s1. The Bertz CT molecular complexity index is 949. The van der Waals surface area contributed by atoms with Crippen molar-refractivity contribution < 1.29 is 9.63 Å². The predicted molar refractivity (Wildman–Crippen MR) is 105 cm³/mol. The van der Waals surface area contributed by atoms with E-state index in [1.165, 1.54) is 11.3 Å². The third kappa shape index (κ3) is 3.76. The summed E-state index contributed by atoms with van der Waals surface area (Å²) in [4.78, 5) is 33.4. The third-order valence-electron chi connectivity index (χ3n) is 4.29. The number of thiazole rings is 1. The highest BCUT2D eigenvalue weighted by Gasteiger charge is 2.29. The average Bonchev–Trinajstić information content (AvgIpc) is 3.10. The van der Waals surface area contributed by atoms with Gasteiger partial charge in [-0.05, 0) is 19.1 Å². The number of amides is 1. The zero-order chi connectivity index (χ0) is 18.8. The number of carbonyl (C=O) groups is 1. The number of rotatable bonds is 3. The Hall–Kier alpha value is -2.98. The van der Waals surface area contributed by atoms with E-state index in [4.69, 9.17) is 10.6 Å². The molecule has 0 radical (unpaired) electrons. The average molecular weight is 385 g/mol. The molecule has 1 aliphatic rings. The highest BCUT2D eigenvalue weighted by atomic mass is 32.1. The van der Waals surface area contributed by atoms with Crippen LogP contribution in [-0.2, 0) is 4.84 Å². The number of anilines is 3. The molecule has 1 aliphatic heterocycles. The number of para-hydroxylation sites is 1. The van der Waals surface area contributed by atoms with Crippen LogP contribution in [-0.4, -0.2) is 51.8 Å². The summed E-state index contributed by atoms with van der Waals surface area (Å²) < 4.78 is 0. The number of carbonyl (C=O) groups excluding carboxylic acids is 1. The summed E-state index contributed by atoms with van der Waals surface area (Å²) in [6.07, 6.45) is -0.505. The first-order valence-corrected chi connectivity index (χ1v) is 9.40. The van der Waals surface area contributed by atoms with Gasteiger partial charge in [-0.15, -0.1) is 16.4 Å². The number of aromatic nitrogens is 3.